The summed E-state index contributed by atoms with van der Waals surface area (Å²) in [4.78, 5) is 23.8. The van der Waals surface area contributed by atoms with E-state index in [9.17, 15) is 14.3 Å². The number of terminal acetylenes is 1. The number of ether oxygens (including phenoxy) is 1. The number of fused-ring (bicyclic) bond motifs is 1. The minimum absolute atomic E-state index is 0.0406. The summed E-state index contributed by atoms with van der Waals surface area (Å²) >= 11 is 0. The zero-order valence-electron chi connectivity index (χ0n) is 16.2. The molecule has 2 rings (SSSR count). The van der Waals surface area contributed by atoms with E-state index in [0.717, 1.165) is 25.7 Å². The zero-order valence-corrected chi connectivity index (χ0v) is 16.2. The molecular weight excluding hydrogens is 365 g/mol. The molecule has 1 unspecified atom stereocenters. The van der Waals surface area contributed by atoms with Gasteiger partial charge in [0.05, 0.1) is 12.9 Å². The summed E-state index contributed by atoms with van der Waals surface area (Å²) in [6, 6.07) is 0. The highest BCUT2D eigenvalue weighted by Gasteiger charge is 2.26. The first-order chi connectivity index (χ1) is 13.5. The third kappa shape index (κ3) is 5.24. The molecule has 1 amide bonds. The van der Waals surface area contributed by atoms with E-state index in [4.69, 9.17) is 11.2 Å². The first-order valence-electron chi connectivity index (χ1n) is 9.30. The number of aromatic nitrogens is 4. The van der Waals surface area contributed by atoms with Crippen molar-refractivity contribution in [3.63, 3.8) is 0 Å². The number of anilines is 1. The Morgan fingerprint density at radius 1 is 1.43 bits per heavy atom. The van der Waals surface area contributed by atoms with Crippen LogP contribution < -0.4 is 5.32 Å². The number of imidazole rings is 1. The summed E-state index contributed by atoms with van der Waals surface area (Å²) in [6.07, 6.45) is 10.4. The Morgan fingerprint density at radius 2 is 2.21 bits per heavy atom. The molecule has 1 atom stereocenters. The van der Waals surface area contributed by atoms with Crippen LogP contribution in [0.3, 0.4) is 0 Å². The van der Waals surface area contributed by atoms with E-state index in [2.05, 4.69) is 33.1 Å². The van der Waals surface area contributed by atoms with Gasteiger partial charge in [-0.15, -0.1) is 6.42 Å². The van der Waals surface area contributed by atoms with Gasteiger partial charge in [-0.25, -0.2) is 4.98 Å². The maximum atomic E-state index is 13.9. The fourth-order valence-corrected chi connectivity index (χ4v) is 2.80. The first kappa shape index (κ1) is 21.7. The molecule has 2 heterocycles. The third-order valence-electron chi connectivity index (χ3n) is 4.62. The van der Waals surface area contributed by atoms with E-state index in [1.807, 2.05) is 0 Å². The smallest absolute Gasteiger partial charge is 0.312 e. The average molecular weight is 391 g/mol. The van der Waals surface area contributed by atoms with Crippen molar-refractivity contribution in [2.75, 3.05) is 19.0 Å². The van der Waals surface area contributed by atoms with E-state index in [0.29, 0.717) is 6.42 Å². The van der Waals surface area contributed by atoms with Crippen LogP contribution >= 0.6 is 0 Å². The summed E-state index contributed by atoms with van der Waals surface area (Å²) in [5.74, 6) is 2.23. The summed E-state index contributed by atoms with van der Waals surface area (Å²) in [5, 5.41) is 12.1. The molecule has 0 spiro atoms. The fraction of sp³-hybridized carbons (Fsp3) is 0.579. The maximum Gasteiger partial charge on any atom is 0.312 e. The Morgan fingerprint density at radius 3 is 2.86 bits per heavy atom. The quantitative estimate of drug-likeness (QED) is 0.346. The number of nitrogens with zero attached hydrogens (tertiary/aromatic N) is 4. The summed E-state index contributed by atoms with van der Waals surface area (Å²) in [7, 11) is 1.41. The van der Waals surface area contributed by atoms with Gasteiger partial charge in [-0.05, 0) is 6.42 Å². The molecule has 0 aliphatic heterocycles. The van der Waals surface area contributed by atoms with Crippen LogP contribution in [0.25, 0.3) is 11.2 Å². The van der Waals surface area contributed by atoms with Crippen molar-refractivity contribution >= 4 is 22.9 Å². The Balaban J connectivity index is 2.16. The molecule has 2 aromatic heterocycles. The Kier molecular flexibility index (Phi) is 7.84. The number of methoxy groups -OCH3 is 1. The molecule has 0 radical (unpaired) electrons. The number of nitrogens with one attached hydrogen (secondary N) is 1. The number of carbonyl (C=O) groups excluding carboxylic acids is 1. The van der Waals surface area contributed by atoms with Crippen molar-refractivity contribution in [3.8, 4) is 12.3 Å². The topological polar surface area (TPSA) is 102 Å². The van der Waals surface area contributed by atoms with E-state index in [1.165, 1.54) is 13.4 Å². The lowest BCUT2D eigenvalue weighted by Gasteiger charge is -2.24. The number of amides is 1. The minimum Gasteiger partial charge on any atom is -0.392 e. The number of carbonyl (C=O) groups is 1. The molecule has 2 aromatic rings. The van der Waals surface area contributed by atoms with Crippen LogP contribution in [0.4, 0.5) is 10.2 Å². The molecule has 8 nitrogen and oxygen atoms in total. The molecule has 0 aliphatic rings. The summed E-state index contributed by atoms with van der Waals surface area (Å²) in [5.41, 5.74) is -0.623. The van der Waals surface area contributed by atoms with Crippen molar-refractivity contribution in [1.29, 1.82) is 0 Å². The first-order valence-corrected chi connectivity index (χ1v) is 9.30. The molecule has 152 valence electrons. The van der Waals surface area contributed by atoms with Gasteiger partial charge in [0.1, 0.15) is 0 Å². The number of hydrogen-bond donors (Lipinski definition) is 2. The van der Waals surface area contributed by atoms with Gasteiger partial charge in [-0.3, -0.25) is 4.79 Å². The second kappa shape index (κ2) is 10.1. The highest BCUT2D eigenvalue weighted by atomic mass is 19.1. The fourth-order valence-electron chi connectivity index (χ4n) is 2.80. The van der Waals surface area contributed by atoms with Crippen molar-refractivity contribution in [2.24, 2.45) is 0 Å². The van der Waals surface area contributed by atoms with Crippen molar-refractivity contribution in [1.82, 2.24) is 19.5 Å². The van der Waals surface area contributed by atoms with Crippen molar-refractivity contribution < 1.29 is 19.0 Å². The Bertz CT molecular complexity index is 842. The molecular formula is C19H26FN5O3. The highest BCUT2D eigenvalue weighted by Crippen LogP contribution is 2.21. The van der Waals surface area contributed by atoms with E-state index >= 15 is 0 Å². The number of aliphatic hydroxyl groups is 1. The molecule has 0 aromatic carbocycles. The van der Waals surface area contributed by atoms with Crippen LogP contribution in [-0.2, 0) is 16.1 Å². The van der Waals surface area contributed by atoms with Crippen LogP contribution in [0.15, 0.2) is 6.33 Å². The second-order valence-electron chi connectivity index (χ2n) is 6.56. The number of aliphatic hydroxyl groups excluding tert-OH is 1. The van der Waals surface area contributed by atoms with Crippen LogP contribution in [0.5, 0.6) is 0 Å². The third-order valence-corrected chi connectivity index (χ3v) is 4.62. The van der Waals surface area contributed by atoms with E-state index in [1.54, 1.807) is 4.57 Å². The zero-order chi connectivity index (χ0) is 20.6. The van der Waals surface area contributed by atoms with Gasteiger partial charge in [0, 0.05) is 26.5 Å². The van der Waals surface area contributed by atoms with Gasteiger partial charge in [0.15, 0.2) is 22.6 Å². The van der Waals surface area contributed by atoms with Crippen LogP contribution in [0, 0.1) is 18.4 Å². The standard InChI is InChI=1S/C19H26FN5O3/c1-4-6-7-8-9-14(27)22-16-15-17(24-18(20)23-16)25(13-21-15)11-10-19(5-2,12-26)28-3/h2,13,26H,4,6-12H2,1,3H3,(H,22,23,24,27). The lowest BCUT2D eigenvalue weighted by Crippen LogP contribution is -2.35. The molecule has 9 heteroatoms. The molecule has 0 aliphatic carbocycles. The number of aryl methyl sites for hydroxylation is 1. The monoisotopic (exact) mass is 391 g/mol. The molecule has 28 heavy (non-hydrogen) atoms. The van der Waals surface area contributed by atoms with Crippen LogP contribution in [0.2, 0.25) is 0 Å². The number of unbranched alkanes of at least 4 members (excludes halogenated alkanes) is 3. The molecule has 0 bridgehead atoms. The van der Waals surface area contributed by atoms with Crippen molar-refractivity contribution in [2.45, 2.75) is 57.6 Å². The van der Waals surface area contributed by atoms with Gasteiger partial charge in [0.2, 0.25) is 5.91 Å². The lowest BCUT2D eigenvalue weighted by atomic mass is 10.0. The number of halogens is 1. The Labute approximate surface area is 163 Å². The number of rotatable bonds is 11. The SMILES string of the molecule is C#CC(CO)(CCn1cnc2c(NC(=O)CCCCCC)nc(F)nc21)OC. The van der Waals surface area contributed by atoms with E-state index < -0.39 is 11.7 Å². The highest BCUT2D eigenvalue weighted by molar-refractivity contribution is 5.96. The molecule has 0 saturated heterocycles. The molecule has 2 N–H and O–H groups in total. The summed E-state index contributed by atoms with van der Waals surface area (Å²) in [6.45, 7) is 2.03. The second-order valence-corrected chi connectivity index (χ2v) is 6.56. The van der Waals surface area contributed by atoms with Crippen LogP contribution in [0.1, 0.15) is 45.4 Å². The predicted molar refractivity (Wildman–Crippen MR) is 103 cm³/mol. The van der Waals surface area contributed by atoms with Gasteiger partial charge in [0.25, 0.3) is 0 Å². The average Bonchev–Trinajstić information content (AvgIpc) is 3.10. The molecule has 0 fully saturated rings. The van der Waals surface area contributed by atoms with Gasteiger partial charge < -0.3 is 19.7 Å². The van der Waals surface area contributed by atoms with Crippen molar-refractivity contribution in [3.05, 3.63) is 12.4 Å². The normalized spacial score (nSPS) is 13.2. The Hall–Kier alpha value is -2.57. The maximum absolute atomic E-state index is 13.9. The summed E-state index contributed by atoms with van der Waals surface area (Å²) < 4.78 is 20.7. The van der Waals surface area contributed by atoms with E-state index in [-0.39, 0.29) is 42.5 Å². The predicted octanol–water partition coefficient (Wildman–Crippen LogP) is 2.28. The molecule has 0 saturated carbocycles. The number of hydrogen-bond acceptors (Lipinski definition) is 6. The van der Waals surface area contributed by atoms with Crippen LogP contribution in [-0.4, -0.2) is 49.9 Å². The lowest BCUT2D eigenvalue weighted by molar-refractivity contribution is -0.116. The largest absolute Gasteiger partial charge is 0.392 e. The van der Waals surface area contributed by atoms with Gasteiger partial charge >= 0.3 is 6.08 Å². The van der Waals surface area contributed by atoms with Gasteiger partial charge in [-0.1, -0.05) is 32.1 Å². The van der Waals surface area contributed by atoms with Gasteiger partial charge in [-0.2, -0.15) is 14.4 Å². The minimum atomic E-state index is -1.14.